The van der Waals surface area contributed by atoms with Gasteiger partial charge in [0, 0.05) is 23.7 Å². The number of aryl methyl sites for hydroxylation is 2. The predicted molar refractivity (Wildman–Crippen MR) is 69.8 cm³/mol. The zero-order valence-electron chi connectivity index (χ0n) is 10.7. The van der Waals surface area contributed by atoms with Crippen molar-refractivity contribution in [3.05, 3.63) is 29.7 Å². The Morgan fingerprint density at radius 1 is 1.11 bits per heavy atom. The van der Waals surface area contributed by atoms with Crippen LogP contribution in [0.5, 0.6) is 0 Å². The molecule has 2 aromatic rings. The molecule has 1 atom stereocenters. The van der Waals surface area contributed by atoms with Crippen LogP contribution in [0.2, 0.25) is 0 Å². The van der Waals surface area contributed by atoms with Crippen LogP contribution < -0.4 is 5.32 Å². The molecule has 4 rings (SSSR count). The Labute approximate surface area is 111 Å². The number of anilines is 1. The van der Waals surface area contributed by atoms with Crippen LogP contribution in [-0.4, -0.2) is 30.8 Å². The highest BCUT2D eigenvalue weighted by atomic mass is 15.3. The molecule has 0 amide bonds. The molecule has 0 bridgehead atoms. The average Bonchev–Trinajstić information content (AvgIpc) is 3.06. The Kier molecular flexibility index (Phi) is 2.46. The van der Waals surface area contributed by atoms with Gasteiger partial charge in [-0.25, -0.2) is 19.6 Å². The Bertz CT molecular complexity index is 605. The van der Waals surface area contributed by atoms with Gasteiger partial charge in [0.25, 0.3) is 0 Å². The number of rotatable bonds is 2. The SMILES string of the molecule is c1nc2c(c(N[C@@H]3CCc4ncnn4C3)n1)CCC2. The minimum absolute atomic E-state index is 0.383. The molecule has 6 nitrogen and oxygen atoms in total. The Morgan fingerprint density at radius 2 is 2.11 bits per heavy atom. The van der Waals surface area contributed by atoms with E-state index in [1.807, 2.05) is 4.68 Å². The number of nitrogens with one attached hydrogen (secondary N) is 1. The normalized spacial score (nSPS) is 20.9. The van der Waals surface area contributed by atoms with Crippen LogP contribution >= 0.6 is 0 Å². The van der Waals surface area contributed by atoms with Crippen molar-refractivity contribution in [1.82, 2.24) is 24.7 Å². The molecule has 0 radical (unpaired) electrons. The van der Waals surface area contributed by atoms with Crippen LogP contribution in [0, 0.1) is 0 Å². The summed E-state index contributed by atoms with van der Waals surface area (Å²) in [5, 5.41) is 7.83. The second-order valence-electron chi connectivity index (χ2n) is 5.24. The first-order chi connectivity index (χ1) is 9.40. The Hall–Kier alpha value is -1.98. The number of aromatic nitrogens is 5. The van der Waals surface area contributed by atoms with E-state index in [9.17, 15) is 0 Å². The maximum atomic E-state index is 4.42. The second kappa shape index (κ2) is 4.29. The van der Waals surface area contributed by atoms with Crippen molar-refractivity contribution in [3.63, 3.8) is 0 Å². The van der Waals surface area contributed by atoms with Crippen molar-refractivity contribution in [2.75, 3.05) is 5.32 Å². The van der Waals surface area contributed by atoms with E-state index < -0.39 is 0 Å². The number of hydrogen-bond donors (Lipinski definition) is 1. The van der Waals surface area contributed by atoms with Crippen LogP contribution in [0.25, 0.3) is 0 Å². The molecular formula is C13H16N6. The third kappa shape index (κ3) is 1.87. The predicted octanol–water partition coefficient (Wildman–Crippen LogP) is 0.984. The number of fused-ring (bicyclic) bond motifs is 2. The summed E-state index contributed by atoms with van der Waals surface area (Å²) in [5.41, 5.74) is 2.53. The van der Waals surface area contributed by atoms with Gasteiger partial charge in [-0.05, 0) is 25.7 Å². The number of hydrogen-bond acceptors (Lipinski definition) is 5. The molecule has 19 heavy (non-hydrogen) atoms. The summed E-state index contributed by atoms with van der Waals surface area (Å²) in [7, 11) is 0. The molecule has 3 heterocycles. The van der Waals surface area contributed by atoms with Crippen LogP contribution in [0.15, 0.2) is 12.7 Å². The molecule has 0 saturated carbocycles. The molecule has 2 aromatic heterocycles. The Morgan fingerprint density at radius 3 is 3.11 bits per heavy atom. The fourth-order valence-electron chi connectivity index (χ4n) is 3.03. The molecule has 2 aliphatic rings. The number of nitrogens with zero attached hydrogens (tertiary/aromatic N) is 5. The molecule has 0 fully saturated rings. The maximum absolute atomic E-state index is 4.42. The molecule has 98 valence electrons. The summed E-state index contributed by atoms with van der Waals surface area (Å²) in [5.74, 6) is 2.11. The first kappa shape index (κ1) is 10.9. The largest absolute Gasteiger partial charge is 0.365 e. The fraction of sp³-hybridized carbons (Fsp3) is 0.538. The van der Waals surface area contributed by atoms with E-state index in [-0.39, 0.29) is 0 Å². The summed E-state index contributed by atoms with van der Waals surface area (Å²) < 4.78 is 1.99. The van der Waals surface area contributed by atoms with E-state index in [0.717, 1.165) is 43.9 Å². The van der Waals surface area contributed by atoms with Crippen molar-refractivity contribution in [3.8, 4) is 0 Å². The molecule has 0 unspecified atom stereocenters. The van der Waals surface area contributed by atoms with Crippen molar-refractivity contribution in [2.24, 2.45) is 0 Å². The molecule has 1 aliphatic heterocycles. The van der Waals surface area contributed by atoms with E-state index in [1.54, 1.807) is 12.7 Å². The molecule has 0 spiro atoms. The minimum Gasteiger partial charge on any atom is -0.365 e. The lowest BCUT2D eigenvalue weighted by molar-refractivity contribution is 0.440. The molecule has 0 saturated heterocycles. The van der Waals surface area contributed by atoms with Crippen molar-refractivity contribution < 1.29 is 0 Å². The molecular weight excluding hydrogens is 240 g/mol. The van der Waals surface area contributed by atoms with Gasteiger partial charge >= 0.3 is 0 Å². The summed E-state index contributed by atoms with van der Waals surface area (Å²) >= 11 is 0. The van der Waals surface area contributed by atoms with Gasteiger partial charge in [-0.1, -0.05) is 0 Å². The zero-order chi connectivity index (χ0) is 12.7. The van der Waals surface area contributed by atoms with E-state index in [1.165, 1.54) is 17.7 Å². The van der Waals surface area contributed by atoms with E-state index in [2.05, 4.69) is 25.4 Å². The van der Waals surface area contributed by atoms with Gasteiger partial charge in [0.15, 0.2) is 0 Å². The lowest BCUT2D eigenvalue weighted by atomic mass is 10.1. The quantitative estimate of drug-likeness (QED) is 0.867. The summed E-state index contributed by atoms with van der Waals surface area (Å²) in [6.45, 7) is 0.869. The van der Waals surface area contributed by atoms with Crippen molar-refractivity contribution in [1.29, 1.82) is 0 Å². The third-order valence-corrected chi connectivity index (χ3v) is 4.02. The summed E-state index contributed by atoms with van der Waals surface area (Å²) in [6.07, 6.45) is 8.75. The highest BCUT2D eigenvalue weighted by Gasteiger charge is 2.23. The lowest BCUT2D eigenvalue weighted by Gasteiger charge is -2.24. The van der Waals surface area contributed by atoms with E-state index in [4.69, 9.17) is 0 Å². The molecule has 0 aromatic carbocycles. The molecule has 1 aliphatic carbocycles. The van der Waals surface area contributed by atoms with Crippen LogP contribution in [0.1, 0.15) is 29.9 Å². The smallest absolute Gasteiger partial charge is 0.138 e. The standard InChI is InChI=1S/C13H16N6/c1-2-10-11(3-1)14-7-16-13(10)18-9-4-5-12-15-8-17-19(12)6-9/h7-9H,1-6H2,(H,14,16,18)/t9-/m1/s1. The van der Waals surface area contributed by atoms with Gasteiger partial charge < -0.3 is 5.32 Å². The first-order valence-corrected chi connectivity index (χ1v) is 6.86. The van der Waals surface area contributed by atoms with Gasteiger partial charge in [-0.2, -0.15) is 5.10 Å². The van der Waals surface area contributed by atoms with Crippen LogP contribution in [-0.2, 0) is 25.8 Å². The topological polar surface area (TPSA) is 68.5 Å². The van der Waals surface area contributed by atoms with Crippen LogP contribution in [0.4, 0.5) is 5.82 Å². The van der Waals surface area contributed by atoms with Crippen molar-refractivity contribution in [2.45, 2.75) is 44.7 Å². The molecule has 1 N–H and O–H groups in total. The van der Waals surface area contributed by atoms with Crippen molar-refractivity contribution >= 4 is 5.82 Å². The summed E-state index contributed by atoms with van der Waals surface area (Å²) in [4.78, 5) is 13.0. The third-order valence-electron chi connectivity index (χ3n) is 4.02. The average molecular weight is 256 g/mol. The van der Waals surface area contributed by atoms with Gasteiger partial charge in [0.2, 0.25) is 0 Å². The lowest BCUT2D eigenvalue weighted by Crippen LogP contribution is -2.32. The fourth-order valence-corrected chi connectivity index (χ4v) is 3.03. The highest BCUT2D eigenvalue weighted by Crippen LogP contribution is 2.26. The Balaban J connectivity index is 1.55. The van der Waals surface area contributed by atoms with Gasteiger partial charge in [0.1, 0.15) is 24.3 Å². The maximum Gasteiger partial charge on any atom is 0.138 e. The summed E-state index contributed by atoms with van der Waals surface area (Å²) in [6, 6.07) is 0.383. The highest BCUT2D eigenvalue weighted by molar-refractivity contribution is 5.48. The minimum atomic E-state index is 0.383. The van der Waals surface area contributed by atoms with Gasteiger partial charge in [0.05, 0.1) is 6.54 Å². The monoisotopic (exact) mass is 256 g/mol. The van der Waals surface area contributed by atoms with E-state index in [0.29, 0.717) is 6.04 Å². The van der Waals surface area contributed by atoms with Crippen LogP contribution in [0.3, 0.4) is 0 Å². The van der Waals surface area contributed by atoms with E-state index >= 15 is 0 Å². The zero-order valence-corrected chi connectivity index (χ0v) is 10.7. The van der Waals surface area contributed by atoms with Gasteiger partial charge in [-0.15, -0.1) is 0 Å². The molecule has 6 heteroatoms. The second-order valence-corrected chi connectivity index (χ2v) is 5.24. The van der Waals surface area contributed by atoms with Gasteiger partial charge in [-0.3, -0.25) is 0 Å². The first-order valence-electron chi connectivity index (χ1n) is 6.86.